The fourth-order valence-electron chi connectivity index (χ4n) is 7.54. The highest BCUT2D eigenvalue weighted by Crippen LogP contribution is 2.62. The van der Waals surface area contributed by atoms with Gasteiger partial charge in [-0.2, -0.15) is 0 Å². The van der Waals surface area contributed by atoms with Crippen LogP contribution in [0.2, 0.25) is 0 Å². The molecule has 3 aromatic carbocycles. The molecule has 0 aromatic heterocycles. The second-order valence-corrected chi connectivity index (χ2v) is 11.4. The minimum atomic E-state index is -0.250. The zero-order valence-corrected chi connectivity index (χ0v) is 21.6. The van der Waals surface area contributed by atoms with Gasteiger partial charge in [0.2, 0.25) is 0 Å². The van der Waals surface area contributed by atoms with Crippen LogP contribution in [-0.2, 0) is 26.1 Å². The van der Waals surface area contributed by atoms with Crippen LogP contribution in [0.15, 0.2) is 60.7 Å². The molecule has 3 aromatic rings. The average Bonchev–Trinajstić information content (AvgIpc) is 2.88. The molecule has 0 unspecified atom stereocenters. The van der Waals surface area contributed by atoms with Crippen molar-refractivity contribution in [3.63, 3.8) is 0 Å². The number of esters is 1. The predicted molar refractivity (Wildman–Crippen MR) is 143 cm³/mol. The van der Waals surface area contributed by atoms with Crippen molar-refractivity contribution in [2.24, 2.45) is 17.8 Å². The topological polar surface area (TPSA) is 54.0 Å². The molecule has 0 atom stereocenters. The summed E-state index contributed by atoms with van der Waals surface area (Å²) in [6.45, 7) is 1.29. The molecule has 0 aliphatic heterocycles. The van der Waals surface area contributed by atoms with E-state index in [1.807, 2.05) is 24.3 Å². The lowest BCUT2D eigenvalue weighted by atomic mass is 9.48. The molecule has 0 N–H and O–H groups in total. The van der Waals surface area contributed by atoms with E-state index in [9.17, 15) is 4.79 Å². The van der Waals surface area contributed by atoms with Crippen LogP contribution < -0.4 is 9.47 Å². The van der Waals surface area contributed by atoms with Gasteiger partial charge < -0.3 is 18.9 Å². The second kappa shape index (κ2) is 10.5. The first-order valence-electron chi connectivity index (χ1n) is 13.6. The Morgan fingerprint density at radius 1 is 0.865 bits per heavy atom. The highest BCUT2D eigenvalue weighted by molar-refractivity contribution is 5.87. The molecule has 37 heavy (non-hydrogen) atoms. The van der Waals surface area contributed by atoms with Gasteiger partial charge in [-0.25, -0.2) is 0 Å². The Hall–Kier alpha value is -2.89. The highest BCUT2D eigenvalue weighted by Gasteiger charge is 2.52. The predicted octanol–water partition coefficient (Wildman–Crippen LogP) is 6.46. The molecule has 5 heteroatoms. The first-order chi connectivity index (χ1) is 18.1. The summed E-state index contributed by atoms with van der Waals surface area (Å²) in [4.78, 5) is 12.6. The number of carbonyl (C=O) groups is 1. The second-order valence-electron chi connectivity index (χ2n) is 11.4. The number of rotatable bonds is 10. The largest absolute Gasteiger partial charge is 0.467 e. The summed E-state index contributed by atoms with van der Waals surface area (Å²) in [7, 11) is 1.67. The number of carbonyl (C=O) groups excluding carboxylic acids is 1. The maximum atomic E-state index is 12.6. The van der Waals surface area contributed by atoms with Crippen molar-refractivity contribution in [3.8, 4) is 11.5 Å². The van der Waals surface area contributed by atoms with Gasteiger partial charge in [0.05, 0.1) is 19.6 Å². The number of benzene rings is 3. The minimum absolute atomic E-state index is 0.188. The van der Waals surface area contributed by atoms with Crippen molar-refractivity contribution >= 4 is 16.7 Å². The van der Waals surface area contributed by atoms with E-state index < -0.39 is 0 Å². The number of hydrogen-bond donors (Lipinski definition) is 0. The van der Waals surface area contributed by atoms with Crippen LogP contribution in [0.4, 0.5) is 0 Å². The Labute approximate surface area is 219 Å². The monoisotopic (exact) mass is 500 g/mol. The van der Waals surface area contributed by atoms with Crippen LogP contribution in [0.25, 0.3) is 10.8 Å². The third-order valence-electron chi connectivity index (χ3n) is 8.67. The van der Waals surface area contributed by atoms with E-state index in [0.29, 0.717) is 19.0 Å². The van der Waals surface area contributed by atoms with Crippen molar-refractivity contribution < 1.29 is 23.7 Å². The Morgan fingerprint density at radius 2 is 1.59 bits per heavy atom. The van der Waals surface area contributed by atoms with Crippen LogP contribution in [0.3, 0.4) is 0 Å². The van der Waals surface area contributed by atoms with E-state index in [1.54, 1.807) is 19.2 Å². The molecule has 4 bridgehead atoms. The molecule has 0 amide bonds. The lowest BCUT2D eigenvalue weighted by Crippen LogP contribution is -2.48. The first-order valence-corrected chi connectivity index (χ1v) is 13.6. The standard InChI is InChI=1S/C32H36O5/c1-34-9-10-35-21-36-30-17-26-8-7-22(15-31(33)37-28-5-3-2-4-6-28)14-27(26)16-29(30)32-18-23-11-24(19-32)13-25(12-23)20-32/h2-8,14,16-17,23-25H,9-13,15,18-21H2,1H3. The van der Waals surface area contributed by atoms with Gasteiger partial charge in [0.1, 0.15) is 11.5 Å². The average molecular weight is 501 g/mol. The van der Waals surface area contributed by atoms with Crippen molar-refractivity contribution in [3.05, 3.63) is 71.8 Å². The van der Waals surface area contributed by atoms with Crippen LogP contribution in [0.1, 0.15) is 49.7 Å². The normalized spacial score (nSPS) is 25.9. The summed E-state index contributed by atoms with van der Waals surface area (Å²) >= 11 is 0. The van der Waals surface area contributed by atoms with Crippen LogP contribution in [0.5, 0.6) is 11.5 Å². The lowest BCUT2D eigenvalue weighted by molar-refractivity contribution is -0.133. The highest BCUT2D eigenvalue weighted by atomic mass is 16.7. The van der Waals surface area contributed by atoms with Gasteiger partial charge in [-0.15, -0.1) is 0 Å². The lowest BCUT2D eigenvalue weighted by Gasteiger charge is -2.57. The zero-order chi connectivity index (χ0) is 25.2. The van der Waals surface area contributed by atoms with E-state index in [4.69, 9.17) is 18.9 Å². The van der Waals surface area contributed by atoms with E-state index in [-0.39, 0.29) is 24.6 Å². The third-order valence-corrected chi connectivity index (χ3v) is 8.67. The number of ether oxygens (including phenoxy) is 4. The molecule has 0 spiro atoms. The summed E-state index contributed by atoms with van der Waals surface area (Å²) in [5.74, 6) is 3.79. The smallest absolute Gasteiger partial charge is 0.315 e. The molecular weight excluding hydrogens is 464 g/mol. The van der Waals surface area contributed by atoms with Crippen molar-refractivity contribution in [1.29, 1.82) is 0 Å². The maximum absolute atomic E-state index is 12.6. The van der Waals surface area contributed by atoms with Gasteiger partial charge in [0.25, 0.3) is 0 Å². The third kappa shape index (κ3) is 5.25. The van der Waals surface area contributed by atoms with Gasteiger partial charge in [-0.3, -0.25) is 4.79 Å². The Kier molecular flexibility index (Phi) is 6.92. The summed E-state index contributed by atoms with van der Waals surface area (Å²) in [5, 5.41) is 2.27. The Balaban J connectivity index is 1.29. The Morgan fingerprint density at radius 3 is 2.30 bits per heavy atom. The molecule has 5 nitrogen and oxygen atoms in total. The van der Waals surface area contributed by atoms with E-state index in [0.717, 1.165) is 39.8 Å². The number of hydrogen-bond acceptors (Lipinski definition) is 5. The molecule has 4 aliphatic rings. The summed E-state index contributed by atoms with van der Waals surface area (Å²) in [5.41, 5.74) is 2.48. The molecule has 194 valence electrons. The molecule has 0 radical (unpaired) electrons. The van der Waals surface area contributed by atoms with Crippen LogP contribution in [0, 0.1) is 17.8 Å². The summed E-state index contributed by atoms with van der Waals surface area (Å²) < 4.78 is 22.6. The van der Waals surface area contributed by atoms with Crippen LogP contribution in [-0.4, -0.2) is 33.1 Å². The van der Waals surface area contributed by atoms with Gasteiger partial charge in [0, 0.05) is 12.7 Å². The molecule has 4 saturated carbocycles. The minimum Gasteiger partial charge on any atom is -0.467 e. The summed E-state index contributed by atoms with van der Waals surface area (Å²) in [6, 6.07) is 20.0. The first kappa shape index (κ1) is 24.4. The van der Waals surface area contributed by atoms with Crippen molar-refractivity contribution in [2.75, 3.05) is 27.1 Å². The van der Waals surface area contributed by atoms with Crippen molar-refractivity contribution in [2.45, 2.75) is 50.4 Å². The van der Waals surface area contributed by atoms with Gasteiger partial charge in [0.15, 0.2) is 6.79 Å². The van der Waals surface area contributed by atoms with E-state index in [2.05, 4.69) is 24.3 Å². The van der Waals surface area contributed by atoms with Gasteiger partial charge >= 0.3 is 5.97 Å². The molecular formula is C32H36O5. The fraction of sp³-hybridized carbons (Fsp3) is 0.469. The molecule has 7 rings (SSSR count). The molecule has 4 fully saturated rings. The quantitative estimate of drug-likeness (QED) is 0.138. The maximum Gasteiger partial charge on any atom is 0.315 e. The van der Waals surface area contributed by atoms with Crippen LogP contribution >= 0.6 is 0 Å². The van der Waals surface area contributed by atoms with E-state index >= 15 is 0 Å². The molecule has 0 heterocycles. The molecule has 0 saturated heterocycles. The van der Waals surface area contributed by atoms with Crippen molar-refractivity contribution in [1.82, 2.24) is 0 Å². The van der Waals surface area contributed by atoms with Gasteiger partial charge in [-0.1, -0.05) is 36.4 Å². The summed E-state index contributed by atoms with van der Waals surface area (Å²) in [6.07, 6.45) is 8.21. The Bertz CT molecular complexity index is 1220. The number of methoxy groups -OCH3 is 1. The number of fused-ring (bicyclic) bond motifs is 1. The zero-order valence-electron chi connectivity index (χ0n) is 21.6. The molecule has 4 aliphatic carbocycles. The van der Waals surface area contributed by atoms with E-state index in [1.165, 1.54) is 44.1 Å². The number of para-hydroxylation sites is 1. The fourth-order valence-corrected chi connectivity index (χ4v) is 7.54. The van der Waals surface area contributed by atoms with Gasteiger partial charge in [-0.05, 0) is 102 Å². The SMILES string of the molecule is COCCOCOc1cc2ccc(CC(=O)Oc3ccccc3)cc2cc1C12CC3CC(CC(C3)C1)C2.